The summed E-state index contributed by atoms with van der Waals surface area (Å²) in [5.74, 6) is 0. The van der Waals surface area contributed by atoms with Gasteiger partial charge in [0, 0.05) is 0 Å². The normalized spacial score (nSPS) is 3.14. The molecule has 0 unspecified atom stereocenters. The molecule has 7 heavy (non-hydrogen) atoms. The predicted molar refractivity (Wildman–Crippen MR) is 16.3 cm³/mol. The standard InChI is InChI=1S/CH2O.K.Na.H2O2S/c1-2;;;1-3-2/h1H2;;;1-2H/q;2*+1;/p-2. The molecule has 0 aliphatic carbocycles. The SMILES string of the molecule is C=O.[K+].[Na+].[O-]S[O-]. The Hall–Kier alpha value is 2.58. The Morgan fingerprint density at radius 3 is 1.29 bits per heavy atom. The zero-order valence-corrected chi connectivity index (χ0v) is 10.3. The van der Waals surface area contributed by atoms with Crippen LogP contribution in [0.25, 0.3) is 0 Å². The molecule has 0 heterocycles. The molecule has 3 nitrogen and oxygen atoms in total. The smallest absolute Gasteiger partial charge is 0.811 e. The first kappa shape index (κ1) is 22.7. The van der Waals surface area contributed by atoms with Crippen molar-refractivity contribution in [3.63, 3.8) is 0 Å². The van der Waals surface area contributed by atoms with E-state index in [4.69, 9.17) is 13.9 Å². The average molecular weight is 156 g/mol. The fourth-order valence-corrected chi connectivity index (χ4v) is 0. The van der Waals surface area contributed by atoms with E-state index in [1.807, 2.05) is 6.79 Å². The summed E-state index contributed by atoms with van der Waals surface area (Å²) < 4.78 is 16.6. The maximum atomic E-state index is 8.29. The van der Waals surface area contributed by atoms with Gasteiger partial charge < -0.3 is 26.2 Å². The van der Waals surface area contributed by atoms with Crippen LogP contribution in [0.4, 0.5) is 0 Å². The summed E-state index contributed by atoms with van der Waals surface area (Å²) in [6.45, 7) is 2.00. The number of hydrogen-bond donors (Lipinski definition) is 0. The molecule has 0 radical (unpaired) electrons. The van der Waals surface area contributed by atoms with Crippen molar-refractivity contribution in [3.05, 3.63) is 0 Å². The van der Waals surface area contributed by atoms with E-state index >= 15 is 0 Å². The van der Waals surface area contributed by atoms with Gasteiger partial charge in [0.15, 0.2) is 0 Å². The molecule has 0 saturated heterocycles. The summed E-state index contributed by atoms with van der Waals surface area (Å²) in [4.78, 5) is 8.00. The van der Waals surface area contributed by atoms with Gasteiger partial charge in [-0.1, -0.05) is 0 Å². The van der Waals surface area contributed by atoms with Gasteiger partial charge in [-0.15, -0.1) is 0 Å². The molecule has 0 spiro atoms. The van der Waals surface area contributed by atoms with Crippen LogP contribution < -0.4 is 80.9 Å². The Bertz CT molecular complexity index is 18.9. The van der Waals surface area contributed by atoms with Crippen molar-refractivity contribution < 1.29 is 94.8 Å². The minimum atomic E-state index is -0.750. The van der Waals surface area contributed by atoms with E-state index in [2.05, 4.69) is 0 Å². The third kappa shape index (κ3) is 55.9. The van der Waals surface area contributed by atoms with Gasteiger partial charge in [-0.3, -0.25) is 0 Å². The van der Waals surface area contributed by atoms with E-state index in [-0.39, 0.29) is 80.9 Å². The van der Waals surface area contributed by atoms with Crippen molar-refractivity contribution in [1.82, 2.24) is 0 Å². The summed E-state index contributed by atoms with van der Waals surface area (Å²) in [7, 11) is 0. The van der Waals surface area contributed by atoms with Crippen molar-refractivity contribution in [2.45, 2.75) is 0 Å². The molecule has 0 saturated carbocycles. The number of rotatable bonds is 0. The maximum absolute atomic E-state index is 8.29. The van der Waals surface area contributed by atoms with Crippen LogP contribution in [-0.2, 0) is 4.79 Å². The van der Waals surface area contributed by atoms with Crippen molar-refractivity contribution in [1.29, 1.82) is 0 Å². The van der Waals surface area contributed by atoms with Crippen LogP contribution >= 0.6 is 12.3 Å². The summed E-state index contributed by atoms with van der Waals surface area (Å²) in [5, 5.41) is 0. The summed E-state index contributed by atoms with van der Waals surface area (Å²) in [6.07, 6.45) is 0. The first-order valence-electron chi connectivity index (χ1n) is 0.622. The molecular formula is CH2KNaO3S. The quantitative estimate of drug-likeness (QED) is 0.258. The van der Waals surface area contributed by atoms with Crippen LogP contribution in [-0.4, -0.2) is 15.9 Å². The van der Waals surface area contributed by atoms with Crippen LogP contribution in [0.15, 0.2) is 0 Å². The third-order valence-corrected chi connectivity index (χ3v) is 0. The molecule has 0 N–H and O–H groups in total. The van der Waals surface area contributed by atoms with Crippen molar-refractivity contribution in [2.24, 2.45) is 0 Å². The molecule has 0 fully saturated rings. The second-order valence-electron chi connectivity index (χ2n) is 0.0680. The van der Waals surface area contributed by atoms with E-state index in [0.717, 1.165) is 0 Å². The van der Waals surface area contributed by atoms with Gasteiger partial charge in [0.25, 0.3) is 0 Å². The van der Waals surface area contributed by atoms with Gasteiger partial charge in [-0.05, 0) is 0 Å². The molecule has 0 aromatic carbocycles. The van der Waals surface area contributed by atoms with Crippen LogP contribution in [0.1, 0.15) is 0 Å². The zero-order valence-electron chi connectivity index (χ0n) is 4.34. The van der Waals surface area contributed by atoms with E-state index in [0.29, 0.717) is 0 Å². The Labute approximate surface area is 111 Å². The van der Waals surface area contributed by atoms with Crippen LogP contribution in [0, 0.1) is 0 Å². The molecular weight excluding hydrogens is 154 g/mol. The second kappa shape index (κ2) is 38.5. The van der Waals surface area contributed by atoms with Crippen LogP contribution in [0.2, 0.25) is 0 Å². The van der Waals surface area contributed by atoms with E-state index in [1.54, 1.807) is 0 Å². The molecule has 32 valence electrons. The second-order valence-corrected chi connectivity index (χ2v) is 0.204. The number of hydrogen-bond acceptors (Lipinski definition) is 4. The topological polar surface area (TPSA) is 63.2 Å². The number of carbonyl (C=O) groups excluding carboxylic acids is 1. The fraction of sp³-hybridized carbons (Fsp3) is 0. The fourth-order valence-electron chi connectivity index (χ4n) is 0. The Balaban J connectivity index is -0.0000000105. The van der Waals surface area contributed by atoms with Crippen molar-refractivity contribution in [2.75, 3.05) is 0 Å². The average Bonchev–Trinajstić information content (AvgIpc) is 1.46. The minimum absolute atomic E-state index is 0. The Kier molecular flexibility index (Phi) is 125. The van der Waals surface area contributed by atoms with Gasteiger partial charge in [0.05, 0.1) is 0 Å². The molecule has 0 aliphatic heterocycles. The molecule has 0 aromatic heterocycles. The first-order chi connectivity index (χ1) is 2.41. The van der Waals surface area contributed by atoms with Crippen LogP contribution in [0.5, 0.6) is 0 Å². The maximum Gasteiger partial charge on any atom is 1.00 e. The van der Waals surface area contributed by atoms with Gasteiger partial charge in [-0.2, -0.15) is 0 Å². The molecule has 6 heteroatoms. The monoisotopic (exact) mass is 156 g/mol. The van der Waals surface area contributed by atoms with Crippen LogP contribution in [0.3, 0.4) is 0 Å². The van der Waals surface area contributed by atoms with E-state index < -0.39 is 12.3 Å². The summed E-state index contributed by atoms with van der Waals surface area (Å²) in [6, 6.07) is 0. The predicted octanol–water partition coefficient (Wildman–Crippen LogP) is -6.20. The summed E-state index contributed by atoms with van der Waals surface area (Å²) in [5.41, 5.74) is 0. The largest absolute Gasteiger partial charge is 1.00 e. The van der Waals surface area contributed by atoms with Gasteiger partial charge in [-0.25, -0.2) is 0 Å². The zero-order chi connectivity index (χ0) is 4.71. The van der Waals surface area contributed by atoms with Crippen molar-refractivity contribution >= 4 is 19.1 Å². The number of carbonyl (C=O) groups is 1. The molecule has 0 bridgehead atoms. The molecule has 0 aliphatic rings. The van der Waals surface area contributed by atoms with E-state index in [9.17, 15) is 0 Å². The minimum Gasteiger partial charge on any atom is -0.811 e. The first-order valence-corrected chi connectivity index (χ1v) is 1.29. The van der Waals surface area contributed by atoms with Crippen molar-refractivity contribution in [3.8, 4) is 0 Å². The molecule has 0 atom stereocenters. The molecule has 0 amide bonds. The molecule has 0 aromatic rings. The van der Waals surface area contributed by atoms with Gasteiger partial charge in [0.2, 0.25) is 0 Å². The van der Waals surface area contributed by atoms with Gasteiger partial charge in [0.1, 0.15) is 6.79 Å². The Morgan fingerprint density at radius 2 is 1.29 bits per heavy atom. The summed E-state index contributed by atoms with van der Waals surface area (Å²) >= 11 is -0.750. The Morgan fingerprint density at radius 1 is 1.29 bits per heavy atom. The molecule has 0 rings (SSSR count). The van der Waals surface area contributed by atoms with E-state index in [1.165, 1.54) is 0 Å². The van der Waals surface area contributed by atoms with Gasteiger partial charge >= 0.3 is 80.9 Å². The third-order valence-electron chi connectivity index (χ3n) is 0.